The van der Waals surface area contributed by atoms with Gasteiger partial charge in [-0.1, -0.05) is 181 Å². The van der Waals surface area contributed by atoms with Crippen molar-refractivity contribution in [2.45, 2.75) is 57.8 Å². The number of carbonyl (C=O) groups is 2. The van der Waals surface area contributed by atoms with Gasteiger partial charge >= 0.3 is 0 Å². The number of aromatic nitrogens is 1. The van der Waals surface area contributed by atoms with Gasteiger partial charge < -0.3 is 4.57 Å². The molecule has 1 unspecified atom stereocenters. The molecule has 0 fully saturated rings. The number of nitrogens with zero attached hydrogens (tertiary/aromatic N) is 1. The summed E-state index contributed by atoms with van der Waals surface area (Å²) in [4.78, 5) is 30.4. The lowest BCUT2D eigenvalue weighted by Gasteiger charge is -2.42. The first kappa shape index (κ1) is 39.7. The van der Waals surface area contributed by atoms with E-state index in [1.807, 2.05) is 18.2 Å². The zero-order valence-corrected chi connectivity index (χ0v) is 38.7. The minimum absolute atomic E-state index is 0.0241. The number of benzene rings is 8. The van der Waals surface area contributed by atoms with E-state index in [1.54, 1.807) is 0 Å². The molecule has 9 aromatic rings. The van der Waals surface area contributed by atoms with E-state index in [0.717, 1.165) is 49.7 Å². The molecule has 322 valence electrons. The van der Waals surface area contributed by atoms with Gasteiger partial charge in [0.25, 0.3) is 0 Å². The molecule has 0 bridgehead atoms. The molecule has 3 heteroatoms. The van der Waals surface area contributed by atoms with Crippen LogP contribution in [0.5, 0.6) is 0 Å². The SMILES string of the molecule is CC1(C)C=CC(C2(c3ccccc3)c3ccccc3-n3c4ccc(C(=O)c5ccc6c(c5)C(C)(C)c5ccccc5-6)cc4c4cc(C(=O)c5ccc6c(c5)C(C)(C)c5ccccc5-6)cc2c43)=C1. The summed E-state index contributed by atoms with van der Waals surface area (Å²) in [5, 5.41) is 1.88. The highest BCUT2D eigenvalue weighted by Crippen LogP contribution is 2.57. The first-order valence-corrected chi connectivity index (χ1v) is 23.6. The second-order valence-electron chi connectivity index (χ2n) is 20.9. The number of para-hydroxylation sites is 1. The molecule has 4 aliphatic rings. The van der Waals surface area contributed by atoms with Crippen molar-refractivity contribution in [2.75, 3.05) is 0 Å². The average Bonchev–Trinajstić information content (AvgIpc) is 4.03. The monoisotopic (exact) mass is 863 g/mol. The lowest BCUT2D eigenvalue weighted by Crippen LogP contribution is -2.36. The number of rotatable bonds is 6. The van der Waals surface area contributed by atoms with Crippen molar-refractivity contribution in [3.63, 3.8) is 0 Å². The Balaban J connectivity index is 1.07. The van der Waals surface area contributed by atoms with Gasteiger partial charge in [0.2, 0.25) is 0 Å². The quantitative estimate of drug-likeness (QED) is 0.156. The maximum atomic E-state index is 15.5. The highest BCUT2D eigenvalue weighted by Gasteiger charge is 2.48. The number of fused-ring (bicyclic) bond motifs is 11. The summed E-state index contributed by atoms with van der Waals surface area (Å²) in [6.45, 7) is 13.5. The largest absolute Gasteiger partial charge is 0.309 e. The van der Waals surface area contributed by atoms with Crippen molar-refractivity contribution in [3.8, 4) is 27.9 Å². The summed E-state index contributed by atoms with van der Waals surface area (Å²) in [7, 11) is 0. The molecule has 1 atom stereocenters. The van der Waals surface area contributed by atoms with Crippen LogP contribution in [-0.4, -0.2) is 16.1 Å². The van der Waals surface area contributed by atoms with Gasteiger partial charge in [-0.2, -0.15) is 0 Å². The number of allylic oxidation sites excluding steroid dienone is 4. The van der Waals surface area contributed by atoms with Gasteiger partial charge in [0.05, 0.1) is 22.1 Å². The smallest absolute Gasteiger partial charge is 0.193 e. The van der Waals surface area contributed by atoms with Gasteiger partial charge in [0.15, 0.2) is 11.6 Å². The Labute approximate surface area is 391 Å². The summed E-state index contributed by atoms with van der Waals surface area (Å²) < 4.78 is 2.38. The fourth-order valence-corrected chi connectivity index (χ4v) is 12.6. The molecule has 8 aromatic carbocycles. The number of hydrogen-bond acceptors (Lipinski definition) is 2. The third kappa shape index (κ3) is 5.29. The predicted molar refractivity (Wildman–Crippen MR) is 273 cm³/mol. The summed E-state index contributed by atoms with van der Waals surface area (Å²) in [6, 6.07) is 59.7. The number of carbonyl (C=O) groups excluding carboxylic acids is 2. The fraction of sp³-hybridized carbons (Fsp3) is 0.156. The Morgan fingerprint density at radius 2 is 0.925 bits per heavy atom. The van der Waals surface area contributed by atoms with Crippen molar-refractivity contribution in [3.05, 3.63) is 255 Å². The van der Waals surface area contributed by atoms with Crippen LogP contribution >= 0.6 is 0 Å². The zero-order valence-electron chi connectivity index (χ0n) is 38.7. The summed E-state index contributed by atoms with van der Waals surface area (Å²) in [5.74, 6) is -0.0522. The lowest BCUT2D eigenvalue weighted by molar-refractivity contribution is 0.103. The van der Waals surface area contributed by atoms with Crippen LogP contribution in [0, 0.1) is 5.41 Å². The van der Waals surface area contributed by atoms with Crippen LogP contribution < -0.4 is 0 Å². The van der Waals surface area contributed by atoms with Gasteiger partial charge in [-0.25, -0.2) is 0 Å². The standard InChI is InChI=1S/C64H49NO2/c1-61(2)31-30-43(37-61)64(42-16-8-7-9-17-42)52-22-14-15-23-57(52)65-56-29-26-38(59(66)39-24-27-46-44-18-10-12-20-50(44)62(3,4)53(46)34-39)32-48(56)49-33-41(36-55(64)58(49)65)60(67)40-25-28-47-45-19-11-13-21-51(45)63(5,6)54(47)35-40/h7-37H,1-6H3. The molecule has 2 heterocycles. The van der Waals surface area contributed by atoms with Gasteiger partial charge in [-0.3, -0.25) is 9.59 Å². The van der Waals surface area contributed by atoms with Crippen molar-refractivity contribution in [1.29, 1.82) is 0 Å². The highest BCUT2D eigenvalue weighted by atomic mass is 16.1. The molecule has 0 saturated heterocycles. The molecular formula is C64H49NO2. The van der Waals surface area contributed by atoms with Crippen LogP contribution in [0.1, 0.15) is 112 Å². The maximum Gasteiger partial charge on any atom is 0.193 e. The Bertz CT molecular complexity index is 3760. The van der Waals surface area contributed by atoms with Crippen LogP contribution in [0.25, 0.3) is 49.7 Å². The molecule has 1 aromatic heterocycles. The molecular weight excluding hydrogens is 815 g/mol. The molecule has 3 nitrogen and oxygen atoms in total. The molecule has 0 radical (unpaired) electrons. The molecule has 1 aliphatic heterocycles. The average molecular weight is 864 g/mol. The molecule has 67 heavy (non-hydrogen) atoms. The van der Waals surface area contributed by atoms with E-state index in [-0.39, 0.29) is 27.8 Å². The fourth-order valence-electron chi connectivity index (χ4n) is 12.6. The molecule has 0 spiro atoms. The van der Waals surface area contributed by atoms with Crippen LogP contribution in [0.3, 0.4) is 0 Å². The van der Waals surface area contributed by atoms with Gasteiger partial charge in [0.1, 0.15) is 0 Å². The summed E-state index contributed by atoms with van der Waals surface area (Å²) in [6.07, 6.45) is 7.01. The Morgan fingerprint density at radius 3 is 1.54 bits per heavy atom. The van der Waals surface area contributed by atoms with E-state index in [2.05, 4.69) is 216 Å². The molecule has 13 rings (SSSR count). The Hall–Kier alpha value is -7.62. The van der Waals surface area contributed by atoms with Gasteiger partial charge in [-0.15, -0.1) is 0 Å². The van der Waals surface area contributed by atoms with Crippen molar-refractivity contribution in [2.24, 2.45) is 5.41 Å². The zero-order chi connectivity index (χ0) is 45.8. The second kappa shape index (κ2) is 13.5. The third-order valence-electron chi connectivity index (χ3n) is 15.9. The molecule has 0 amide bonds. The van der Waals surface area contributed by atoms with Crippen molar-refractivity contribution in [1.82, 2.24) is 4.57 Å². The Morgan fingerprint density at radius 1 is 0.433 bits per heavy atom. The van der Waals surface area contributed by atoms with E-state index in [0.29, 0.717) is 22.3 Å². The van der Waals surface area contributed by atoms with Crippen LogP contribution in [-0.2, 0) is 16.2 Å². The molecule has 0 N–H and O–H groups in total. The van der Waals surface area contributed by atoms with E-state index in [4.69, 9.17) is 0 Å². The molecule has 0 saturated carbocycles. The number of ketones is 2. The second-order valence-corrected chi connectivity index (χ2v) is 20.9. The Kier molecular flexibility index (Phi) is 8.00. The molecule has 3 aliphatic carbocycles. The van der Waals surface area contributed by atoms with Gasteiger partial charge in [0, 0.05) is 49.3 Å². The maximum absolute atomic E-state index is 15.5. The van der Waals surface area contributed by atoms with E-state index >= 15 is 4.79 Å². The van der Waals surface area contributed by atoms with E-state index in [1.165, 1.54) is 44.5 Å². The minimum Gasteiger partial charge on any atom is -0.309 e. The predicted octanol–water partition coefficient (Wildman–Crippen LogP) is 15.0. The topological polar surface area (TPSA) is 39.1 Å². The van der Waals surface area contributed by atoms with Crippen molar-refractivity contribution >= 4 is 33.4 Å². The summed E-state index contributed by atoms with van der Waals surface area (Å²) in [5.41, 5.74) is 18.5. The van der Waals surface area contributed by atoms with Crippen LogP contribution in [0.15, 0.2) is 194 Å². The van der Waals surface area contributed by atoms with Crippen LogP contribution in [0.4, 0.5) is 0 Å². The number of hydrogen-bond donors (Lipinski definition) is 0. The summed E-state index contributed by atoms with van der Waals surface area (Å²) >= 11 is 0. The third-order valence-corrected chi connectivity index (χ3v) is 15.9. The van der Waals surface area contributed by atoms with E-state index in [9.17, 15) is 4.79 Å². The van der Waals surface area contributed by atoms with Crippen LogP contribution in [0.2, 0.25) is 0 Å². The first-order valence-electron chi connectivity index (χ1n) is 23.6. The minimum atomic E-state index is -0.768. The lowest BCUT2D eigenvalue weighted by atomic mass is 9.62. The normalized spacial score (nSPS) is 18.3. The highest BCUT2D eigenvalue weighted by molar-refractivity contribution is 6.20. The van der Waals surface area contributed by atoms with Gasteiger partial charge in [-0.05, 0) is 115 Å². The first-order chi connectivity index (χ1) is 32.3. The van der Waals surface area contributed by atoms with E-state index < -0.39 is 5.41 Å². The van der Waals surface area contributed by atoms with Crippen molar-refractivity contribution < 1.29 is 9.59 Å².